The number of fused-ring (bicyclic) bond motifs is 10. The van der Waals surface area contributed by atoms with Gasteiger partial charge in [-0.05, 0) is 80.2 Å². The molecule has 10 rings (SSSR count). The first-order valence-electron chi connectivity index (χ1n) is 15.9. The van der Waals surface area contributed by atoms with Crippen molar-refractivity contribution in [2.75, 3.05) is 0 Å². The van der Waals surface area contributed by atoms with E-state index in [0.29, 0.717) is 0 Å². The van der Waals surface area contributed by atoms with Crippen LogP contribution in [0.1, 0.15) is 25.0 Å². The summed E-state index contributed by atoms with van der Waals surface area (Å²) >= 11 is 0. The third-order valence-corrected chi connectivity index (χ3v) is 10.1. The Morgan fingerprint density at radius 3 is 2.02 bits per heavy atom. The van der Waals surface area contributed by atoms with Gasteiger partial charge in [0.1, 0.15) is 5.69 Å². The van der Waals surface area contributed by atoms with Crippen molar-refractivity contribution >= 4 is 54.4 Å². The van der Waals surface area contributed by atoms with Gasteiger partial charge in [-0.2, -0.15) is 0 Å². The van der Waals surface area contributed by atoms with Gasteiger partial charge in [0.05, 0.1) is 22.1 Å². The van der Waals surface area contributed by atoms with E-state index in [1.54, 1.807) is 0 Å². The molecule has 0 fully saturated rings. The molecular formula is C43H29N3. The average molecular weight is 588 g/mol. The summed E-state index contributed by atoms with van der Waals surface area (Å²) in [7, 11) is 0. The second-order valence-corrected chi connectivity index (χ2v) is 13.0. The van der Waals surface area contributed by atoms with Crippen LogP contribution in [0.2, 0.25) is 0 Å². The second-order valence-electron chi connectivity index (χ2n) is 13.0. The van der Waals surface area contributed by atoms with Crippen LogP contribution in [0.3, 0.4) is 0 Å². The molecule has 46 heavy (non-hydrogen) atoms. The molecule has 216 valence electrons. The van der Waals surface area contributed by atoms with Gasteiger partial charge >= 0.3 is 0 Å². The molecule has 2 aromatic heterocycles. The summed E-state index contributed by atoms with van der Waals surface area (Å²) in [5.41, 5.74) is 11.2. The van der Waals surface area contributed by atoms with Crippen LogP contribution in [0.5, 0.6) is 0 Å². The molecular weight excluding hydrogens is 558 g/mol. The number of rotatable bonds is 2. The summed E-state index contributed by atoms with van der Waals surface area (Å²) in [6, 6.07) is 50.4. The summed E-state index contributed by atoms with van der Waals surface area (Å²) in [5, 5.41) is 7.36. The lowest BCUT2D eigenvalue weighted by atomic mass is 9.82. The highest BCUT2D eigenvalue weighted by Crippen LogP contribution is 2.50. The van der Waals surface area contributed by atoms with E-state index in [-0.39, 0.29) is 5.41 Å². The molecule has 1 aliphatic carbocycles. The minimum absolute atomic E-state index is 0.114. The van der Waals surface area contributed by atoms with Crippen LogP contribution in [0, 0.1) is 0 Å². The Labute approximate surface area is 266 Å². The van der Waals surface area contributed by atoms with Crippen molar-refractivity contribution < 1.29 is 0 Å². The van der Waals surface area contributed by atoms with Crippen LogP contribution < -0.4 is 0 Å². The van der Waals surface area contributed by atoms with Gasteiger partial charge in [0, 0.05) is 21.8 Å². The largest absolute Gasteiger partial charge is 0.292 e. The molecule has 2 heterocycles. The zero-order valence-electron chi connectivity index (χ0n) is 25.6. The van der Waals surface area contributed by atoms with Crippen molar-refractivity contribution in [1.82, 2.24) is 14.5 Å². The van der Waals surface area contributed by atoms with E-state index >= 15 is 0 Å². The van der Waals surface area contributed by atoms with Crippen LogP contribution in [0.4, 0.5) is 0 Å². The van der Waals surface area contributed by atoms with E-state index < -0.39 is 0 Å². The number of hydrogen-bond acceptors (Lipinski definition) is 2. The van der Waals surface area contributed by atoms with Crippen molar-refractivity contribution in [2.45, 2.75) is 19.3 Å². The summed E-state index contributed by atoms with van der Waals surface area (Å²) in [6.45, 7) is 4.66. The molecule has 3 nitrogen and oxygen atoms in total. The fraction of sp³-hybridized carbons (Fsp3) is 0.0698. The topological polar surface area (TPSA) is 30.7 Å². The lowest BCUT2D eigenvalue weighted by molar-refractivity contribution is 0.660. The minimum atomic E-state index is -0.114. The van der Waals surface area contributed by atoms with Crippen molar-refractivity contribution in [3.05, 3.63) is 151 Å². The van der Waals surface area contributed by atoms with Crippen molar-refractivity contribution in [2.24, 2.45) is 0 Å². The molecule has 9 aromatic rings. The first-order valence-corrected chi connectivity index (χ1v) is 15.9. The summed E-state index contributed by atoms with van der Waals surface area (Å²) in [5.74, 6) is 0.845. The monoisotopic (exact) mass is 587 g/mol. The number of benzene rings is 7. The standard InChI is InChI=1S/C43H29N3/c1-43(2)34-16-8-7-15-31(34)32-21-19-29(24-35(32)43)41-42(45-37-18-10-9-17-36(37)44-41)46-38-22-20-26-11-5-6-14-30(26)40(38)33-23-27-12-3-4-13-28(27)25-39(33)46/h3-25H,1-2H3. The zero-order valence-corrected chi connectivity index (χ0v) is 25.6. The summed E-state index contributed by atoms with van der Waals surface area (Å²) < 4.78 is 2.35. The first-order chi connectivity index (χ1) is 22.6. The highest BCUT2D eigenvalue weighted by Gasteiger charge is 2.35. The smallest absolute Gasteiger partial charge is 0.165 e. The lowest BCUT2D eigenvalue weighted by Crippen LogP contribution is -2.15. The average Bonchev–Trinajstić information content (AvgIpc) is 3.54. The number of nitrogens with zero attached hydrogens (tertiary/aromatic N) is 3. The van der Waals surface area contributed by atoms with E-state index in [1.165, 1.54) is 54.6 Å². The Hall–Kier alpha value is -5.80. The van der Waals surface area contributed by atoms with E-state index in [0.717, 1.165) is 39.1 Å². The SMILES string of the molecule is CC1(C)c2ccccc2-c2ccc(-c3nc4ccccc4nc3-n3c4cc5ccccc5cc4c4c5ccccc5ccc43)cc21. The quantitative estimate of drug-likeness (QED) is 0.201. The van der Waals surface area contributed by atoms with Crippen LogP contribution in [-0.2, 0) is 5.41 Å². The minimum Gasteiger partial charge on any atom is -0.292 e. The Balaban J connectivity index is 1.34. The van der Waals surface area contributed by atoms with Crippen LogP contribution in [0.15, 0.2) is 140 Å². The number of para-hydroxylation sites is 2. The third kappa shape index (κ3) is 3.43. The van der Waals surface area contributed by atoms with Crippen molar-refractivity contribution in [1.29, 1.82) is 0 Å². The molecule has 0 N–H and O–H groups in total. The molecule has 0 bridgehead atoms. The second kappa shape index (κ2) is 9.12. The lowest BCUT2D eigenvalue weighted by Gasteiger charge is -2.22. The highest BCUT2D eigenvalue weighted by atomic mass is 15.1. The fourth-order valence-corrected chi connectivity index (χ4v) is 7.89. The highest BCUT2D eigenvalue weighted by molar-refractivity contribution is 6.23. The number of aromatic nitrogens is 3. The van der Waals surface area contributed by atoms with E-state index in [4.69, 9.17) is 9.97 Å². The maximum atomic E-state index is 5.42. The molecule has 0 amide bonds. The zero-order chi connectivity index (χ0) is 30.6. The normalized spacial score (nSPS) is 13.6. The van der Waals surface area contributed by atoms with Crippen molar-refractivity contribution in [3.63, 3.8) is 0 Å². The maximum Gasteiger partial charge on any atom is 0.165 e. The number of hydrogen-bond donors (Lipinski definition) is 0. The van der Waals surface area contributed by atoms with Gasteiger partial charge in [-0.25, -0.2) is 9.97 Å². The van der Waals surface area contributed by atoms with Crippen LogP contribution in [-0.4, -0.2) is 14.5 Å². The Morgan fingerprint density at radius 1 is 0.500 bits per heavy atom. The fourth-order valence-electron chi connectivity index (χ4n) is 7.89. The van der Waals surface area contributed by atoms with Crippen LogP contribution in [0.25, 0.3) is 82.6 Å². The molecule has 0 saturated carbocycles. The molecule has 0 unspecified atom stereocenters. The van der Waals surface area contributed by atoms with E-state index in [1.807, 2.05) is 12.1 Å². The van der Waals surface area contributed by atoms with Gasteiger partial charge in [-0.1, -0.05) is 117 Å². The van der Waals surface area contributed by atoms with Gasteiger partial charge in [0.25, 0.3) is 0 Å². The van der Waals surface area contributed by atoms with Gasteiger partial charge in [0.2, 0.25) is 0 Å². The first kappa shape index (κ1) is 25.5. The predicted octanol–water partition coefficient (Wildman–Crippen LogP) is 11.0. The maximum absolute atomic E-state index is 5.42. The molecule has 3 heteroatoms. The molecule has 0 atom stereocenters. The van der Waals surface area contributed by atoms with Gasteiger partial charge in [0.15, 0.2) is 5.82 Å². The summed E-state index contributed by atoms with van der Waals surface area (Å²) in [6.07, 6.45) is 0. The van der Waals surface area contributed by atoms with Crippen LogP contribution >= 0.6 is 0 Å². The van der Waals surface area contributed by atoms with E-state index in [9.17, 15) is 0 Å². The molecule has 0 aliphatic heterocycles. The molecule has 0 spiro atoms. The Kier molecular flexibility index (Phi) is 5.06. The van der Waals surface area contributed by atoms with Gasteiger partial charge in [-0.3, -0.25) is 4.57 Å². The molecule has 1 aliphatic rings. The van der Waals surface area contributed by atoms with E-state index in [2.05, 4.69) is 146 Å². The molecule has 0 saturated heterocycles. The molecule has 7 aromatic carbocycles. The molecule has 0 radical (unpaired) electrons. The third-order valence-electron chi connectivity index (χ3n) is 10.1. The Bertz CT molecular complexity index is 2730. The van der Waals surface area contributed by atoms with Gasteiger partial charge < -0.3 is 0 Å². The Morgan fingerprint density at radius 2 is 1.17 bits per heavy atom. The predicted molar refractivity (Wildman–Crippen MR) is 192 cm³/mol. The van der Waals surface area contributed by atoms with Gasteiger partial charge in [-0.15, -0.1) is 0 Å². The summed E-state index contributed by atoms with van der Waals surface area (Å²) in [4.78, 5) is 10.8. The van der Waals surface area contributed by atoms with Crippen molar-refractivity contribution in [3.8, 4) is 28.2 Å².